The number of aryl methyl sites for hydroxylation is 1. The van der Waals surface area contributed by atoms with Crippen LogP contribution in [-0.2, 0) is 12.8 Å². The fourth-order valence-corrected chi connectivity index (χ4v) is 4.80. The molecule has 1 amide bonds. The number of ether oxygens (including phenoxy) is 1. The Morgan fingerprint density at radius 1 is 1.14 bits per heavy atom. The van der Waals surface area contributed by atoms with Gasteiger partial charge in [0.05, 0.1) is 28.4 Å². The number of nitrogens with zero attached hydrogens (tertiary/aromatic N) is 2. The summed E-state index contributed by atoms with van der Waals surface area (Å²) < 4.78 is 6.22. The molecule has 0 aliphatic heterocycles. The maximum absolute atomic E-state index is 13.3. The predicted molar refractivity (Wildman–Crippen MR) is 113 cm³/mol. The highest BCUT2D eigenvalue weighted by atomic mass is 35.5. The van der Waals surface area contributed by atoms with E-state index in [0.29, 0.717) is 15.7 Å². The Bertz CT molecular complexity index is 1250. The van der Waals surface area contributed by atoms with E-state index in [1.165, 1.54) is 11.3 Å². The Hall–Kier alpha value is -2.70. The van der Waals surface area contributed by atoms with Crippen LogP contribution in [0.15, 0.2) is 36.4 Å². The van der Waals surface area contributed by atoms with Crippen LogP contribution in [0.1, 0.15) is 28.0 Å². The van der Waals surface area contributed by atoms with Crippen LogP contribution in [0.2, 0.25) is 5.02 Å². The summed E-state index contributed by atoms with van der Waals surface area (Å²) in [4.78, 5) is 22.5. The Morgan fingerprint density at radius 2 is 2.00 bits per heavy atom. The monoisotopic (exact) mass is 409 g/mol. The van der Waals surface area contributed by atoms with Gasteiger partial charge in [0.2, 0.25) is 0 Å². The zero-order valence-electron chi connectivity index (χ0n) is 15.1. The van der Waals surface area contributed by atoms with E-state index in [9.17, 15) is 4.79 Å². The zero-order chi connectivity index (χ0) is 19.3. The van der Waals surface area contributed by atoms with Crippen molar-refractivity contribution in [2.45, 2.75) is 19.3 Å². The van der Waals surface area contributed by atoms with Gasteiger partial charge >= 0.3 is 0 Å². The Labute approximate surface area is 170 Å². The number of anilines is 1. The molecular weight excluding hydrogens is 394 g/mol. The first-order valence-electron chi connectivity index (χ1n) is 8.99. The highest BCUT2D eigenvalue weighted by Gasteiger charge is 2.24. The van der Waals surface area contributed by atoms with Crippen LogP contribution < -0.4 is 10.1 Å². The average molecular weight is 410 g/mol. The average Bonchev–Trinajstić information content (AvgIpc) is 3.31. The number of thiazole rings is 1. The van der Waals surface area contributed by atoms with Gasteiger partial charge in [-0.1, -0.05) is 22.9 Å². The van der Waals surface area contributed by atoms with E-state index in [4.69, 9.17) is 21.3 Å². The van der Waals surface area contributed by atoms with Crippen LogP contribution in [-0.4, -0.2) is 23.0 Å². The van der Waals surface area contributed by atoms with Gasteiger partial charge in [0.1, 0.15) is 5.75 Å². The van der Waals surface area contributed by atoms with E-state index in [1.54, 1.807) is 13.2 Å². The number of rotatable bonds is 3. The molecule has 0 unspecified atom stereocenters. The molecule has 0 fully saturated rings. The van der Waals surface area contributed by atoms with Crippen molar-refractivity contribution in [1.29, 1.82) is 0 Å². The van der Waals surface area contributed by atoms with Gasteiger partial charge in [-0.3, -0.25) is 15.1 Å². The predicted octanol–water partition coefficient (Wildman–Crippen LogP) is 5.25. The SMILES string of the molecule is COc1ccc2nc(NC(=O)c3c4c(nc5ccc(Cl)cc35)CCC4)sc2c1. The molecule has 5 nitrogen and oxygen atoms in total. The molecule has 1 aliphatic rings. The lowest BCUT2D eigenvalue weighted by Gasteiger charge is -2.12. The Morgan fingerprint density at radius 3 is 2.86 bits per heavy atom. The molecular formula is C21H16ClN3O2S. The molecule has 4 aromatic rings. The van der Waals surface area contributed by atoms with Crippen LogP contribution in [0.4, 0.5) is 5.13 Å². The van der Waals surface area contributed by atoms with E-state index >= 15 is 0 Å². The molecule has 0 atom stereocenters. The van der Waals surface area contributed by atoms with E-state index in [2.05, 4.69) is 10.3 Å². The van der Waals surface area contributed by atoms with Crippen LogP contribution in [0, 0.1) is 0 Å². The second kappa shape index (κ2) is 6.72. The van der Waals surface area contributed by atoms with Crippen LogP contribution in [0.5, 0.6) is 5.75 Å². The fraction of sp³-hybridized carbons (Fsp3) is 0.190. The van der Waals surface area contributed by atoms with E-state index < -0.39 is 0 Å². The smallest absolute Gasteiger partial charge is 0.258 e. The molecule has 2 heterocycles. The van der Waals surface area contributed by atoms with Crippen molar-refractivity contribution in [3.8, 4) is 5.75 Å². The standard InChI is InChI=1S/C21H16ClN3O2S/c1-27-12-6-8-17-18(10-12)28-21(24-17)25-20(26)19-13-3-2-4-15(13)23-16-7-5-11(22)9-14(16)19/h5-10H,2-4H2,1H3,(H,24,25,26). The topological polar surface area (TPSA) is 64.1 Å². The maximum Gasteiger partial charge on any atom is 0.258 e. The summed E-state index contributed by atoms with van der Waals surface area (Å²) in [7, 11) is 1.63. The third-order valence-electron chi connectivity index (χ3n) is 5.02. The first-order chi connectivity index (χ1) is 13.6. The lowest BCUT2D eigenvalue weighted by atomic mass is 10.0. The summed E-state index contributed by atoms with van der Waals surface area (Å²) in [5.41, 5.74) is 4.32. The summed E-state index contributed by atoms with van der Waals surface area (Å²) in [5.74, 6) is 0.598. The van der Waals surface area contributed by atoms with Gasteiger partial charge in [-0.2, -0.15) is 0 Å². The number of carbonyl (C=O) groups excluding carboxylic acids is 1. The van der Waals surface area contributed by atoms with Crippen molar-refractivity contribution >= 4 is 55.1 Å². The number of methoxy groups -OCH3 is 1. The third-order valence-corrected chi connectivity index (χ3v) is 6.19. The van der Waals surface area contributed by atoms with Gasteiger partial charge in [0.25, 0.3) is 5.91 Å². The number of nitrogens with one attached hydrogen (secondary N) is 1. The lowest BCUT2D eigenvalue weighted by Crippen LogP contribution is -2.15. The largest absolute Gasteiger partial charge is 0.497 e. The van der Waals surface area contributed by atoms with Crippen LogP contribution in [0.3, 0.4) is 0 Å². The molecule has 140 valence electrons. The first kappa shape index (κ1) is 17.4. The molecule has 28 heavy (non-hydrogen) atoms. The summed E-state index contributed by atoms with van der Waals surface area (Å²) in [6, 6.07) is 11.2. The van der Waals surface area contributed by atoms with Crippen molar-refractivity contribution < 1.29 is 9.53 Å². The van der Waals surface area contributed by atoms with Crippen molar-refractivity contribution in [3.05, 3.63) is 58.2 Å². The van der Waals surface area contributed by atoms with Gasteiger partial charge < -0.3 is 4.74 Å². The molecule has 1 aliphatic carbocycles. The number of halogens is 1. The number of amides is 1. The molecule has 2 aromatic heterocycles. The molecule has 1 N–H and O–H groups in total. The second-order valence-corrected chi connectivity index (χ2v) is 8.20. The van der Waals surface area contributed by atoms with Gasteiger partial charge in [-0.25, -0.2) is 4.98 Å². The minimum Gasteiger partial charge on any atom is -0.497 e. The Kier molecular flexibility index (Phi) is 4.18. The second-order valence-electron chi connectivity index (χ2n) is 6.73. The number of fused-ring (bicyclic) bond motifs is 3. The van der Waals surface area contributed by atoms with Crippen molar-refractivity contribution in [1.82, 2.24) is 9.97 Å². The molecule has 5 rings (SSSR count). The molecule has 0 saturated heterocycles. The lowest BCUT2D eigenvalue weighted by molar-refractivity contribution is 0.102. The molecule has 0 bridgehead atoms. The van der Waals surface area contributed by atoms with Crippen molar-refractivity contribution in [2.75, 3.05) is 12.4 Å². The zero-order valence-corrected chi connectivity index (χ0v) is 16.7. The van der Waals surface area contributed by atoms with Gasteiger partial charge in [-0.05, 0) is 61.2 Å². The number of hydrogen-bond donors (Lipinski definition) is 1. The molecule has 0 saturated carbocycles. The van der Waals surface area contributed by atoms with Crippen molar-refractivity contribution in [2.24, 2.45) is 0 Å². The van der Waals surface area contributed by atoms with Crippen molar-refractivity contribution in [3.63, 3.8) is 0 Å². The summed E-state index contributed by atoms with van der Waals surface area (Å²) >= 11 is 7.63. The molecule has 0 spiro atoms. The normalized spacial score (nSPS) is 13.1. The van der Waals surface area contributed by atoms with Gasteiger partial charge in [-0.15, -0.1) is 0 Å². The van der Waals surface area contributed by atoms with Crippen LogP contribution >= 0.6 is 22.9 Å². The highest BCUT2D eigenvalue weighted by molar-refractivity contribution is 7.22. The van der Waals surface area contributed by atoms with E-state index in [-0.39, 0.29) is 5.91 Å². The minimum atomic E-state index is -0.168. The van der Waals surface area contributed by atoms with Crippen LogP contribution in [0.25, 0.3) is 21.1 Å². The fourth-order valence-electron chi connectivity index (χ4n) is 3.74. The minimum absolute atomic E-state index is 0.168. The molecule has 0 radical (unpaired) electrons. The number of hydrogen-bond acceptors (Lipinski definition) is 5. The highest BCUT2D eigenvalue weighted by Crippen LogP contribution is 2.33. The summed E-state index contributed by atoms with van der Waals surface area (Å²) in [5, 5.41) is 4.92. The quantitative estimate of drug-likeness (QED) is 0.502. The number of benzene rings is 2. The maximum atomic E-state index is 13.3. The first-order valence-corrected chi connectivity index (χ1v) is 10.2. The Balaban J connectivity index is 1.58. The number of aromatic nitrogens is 2. The van der Waals surface area contributed by atoms with Gasteiger partial charge in [0, 0.05) is 16.1 Å². The molecule has 2 aromatic carbocycles. The van der Waals surface area contributed by atoms with E-state index in [0.717, 1.165) is 57.4 Å². The number of pyridine rings is 1. The van der Waals surface area contributed by atoms with Gasteiger partial charge in [0.15, 0.2) is 5.13 Å². The summed E-state index contributed by atoms with van der Waals surface area (Å²) in [6.45, 7) is 0. The molecule has 7 heteroatoms. The third kappa shape index (κ3) is 2.89. The number of carbonyl (C=O) groups is 1. The van der Waals surface area contributed by atoms with E-state index in [1.807, 2.05) is 30.3 Å². The summed E-state index contributed by atoms with van der Waals surface area (Å²) in [6.07, 6.45) is 2.76.